The molecule has 0 spiro atoms. The standard InChI is InChI=1S/C21H21FN4O8S/c1-35(33,34)25-10-9-24(21(30)13-5-7-15(22)8-6-13)20(25)19(29)23-17(12-18(27)28)14-3-2-4-16(11-14)26(31)32/h2-8,11,17,20H,9-10,12H2,1H3,(H,23,29)(H,27,28). The summed E-state index contributed by atoms with van der Waals surface area (Å²) in [6.07, 6.45) is -1.46. The van der Waals surface area contributed by atoms with Gasteiger partial charge in [0.15, 0.2) is 6.17 Å². The van der Waals surface area contributed by atoms with Gasteiger partial charge in [-0.05, 0) is 29.8 Å². The van der Waals surface area contributed by atoms with Crippen LogP contribution in [0.2, 0.25) is 0 Å². The molecule has 2 unspecified atom stereocenters. The Morgan fingerprint density at radius 1 is 1.20 bits per heavy atom. The van der Waals surface area contributed by atoms with E-state index in [1.807, 2.05) is 0 Å². The van der Waals surface area contributed by atoms with Crippen molar-refractivity contribution < 1.29 is 37.2 Å². The Bertz CT molecular complexity index is 1270. The number of nitrogens with one attached hydrogen (secondary N) is 1. The summed E-state index contributed by atoms with van der Waals surface area (Å²) in [6, 6.07) is 8.17. The third kappa shape index (κ3) is 5.96. The lowest BCUT2D eigenvalue weighted by Gasteiger charge is -2.29. The zero-order chi connectivity index (χ0) is 25.9. The fourth-order valence-corrected chi connectivity index (χ4v) is 4.71. The molecule has 2 N–H and O–H groups in total. The Morgan fingerprint density at radius 2 is 1.86 bits per heavy atom. The van der Waals surface area contributed by atoms with Gasteiger partial charge in [-0.25, -0.2) is 12.8 Å². The number of sulfonamides is 1. The number of nitrogens with zero attached hydrogens (tertiary/aromatic N) is 3. The lowest BCUT2D eigenvalue weighted by molar-refractivity contribution is -0.384. The van der Waals surface area contributed by atoms with Gasteiger partial charge in [0, 0.05) is 30.8 Å². The number of hydrogen-bond donors (Lipinski definition) is 2. The number of amides is 2. The molecule has 186 valence electrons. The van der Waals surface area contributed by atoms with Crippen molar-refractivity contribution in [3.63, 3.8) is 0 Å². The molecule has 0 saturated carbocycles. The molecule has 14 heteroatoms. The van der Waals surface area contributed by atoms with Crippen LogP contribution in [0.25, 0.3) is 0 Å². The van der Waals surface area contributed by atoms with E-state index in [0.29, 0.717) is 0 Å². The van der Waals surface area contributed by atoms with Crippen LogP contribution in [0.3, 0.4) is 0 Å². The van der Waals surface area contributed by atoms with E-state index in [4.69, 9.17) is 0 Å². The van der Waals surface area contributed by atoms with Crippen LogP contribution >= 0.6 is 0 Å². The quantitative estimate of drug-likeness (QED) is 0.395. The van der Waals surface area contributed by atoms with E-state index < -0.39 is 57.2 Å². The van der Waals surface area contributed by atoms with Crippen LogP contribution < -0.4 is 5.32 Å². The smallest absolute Gasteiger partial charge is 0.305 e. The van der Waals surface area contributed by atoms with Crippen molar-refractivity contribution in [2.24, 2.45) is 0 Å². The van der Waals surface area contributed by atoms with Crippen molar-refractivity contribution in [1.82, 2.24) is 14.5 Å². The van der Waals surface area contributed by atoms with Crippen molar-refractivity contribution in [2.75, 3.05) is 19.3 Å². The summed E-state index contributed by atoms with van der Waals surface area (Å²) in [5.74, 6) is -3.65. The number of nitro groups is 1. The number of nitro benzene ring substituents is 1. The van der Waals surface area contributed by atoms with Crippen LogP contribution in [-0.4, -0.2) is 70.9 Å². The van der Waals surface area contributed by atoms with Crippen LogP contribution in [0, 0.1) is 15.9 Å². The molecule has 12 nitrogen and oxygen atoms in total. The van der Waals surface area contributed by atoms with Gasteiger partial charge in [0.2, 0.25) is 10.0 Å². The maximum absolute atomic E-state index is 13.3. The van der Waals surface area contributed by atoms with Crippen molar-refractivity contribution in [2.45, 2.75) is 18.6 Å². The second kappa shape index (κ2) is 10.1. The SMILES string of the molecule is CS(=O)(=O)N1CCN(C(=O)c2ccc(F)cc2)C1C(=O)NC(CC(=O)O)c1cccc([N+](=O)[O-])c1. The van der Waals surface area contributed by atoms with E-state index in [9.17, 15) is 42.4 Å². The van der Waals surface area contributed by atoms with Crippen LogP contribution in [0.1, 0.15) is 28.4 Å². The van der Waals surface area contributed by atoms with E-state index in [1.54, 1.807) is 0 Å². The van der Waals surface area contributed by atoms with E-state index in [-0.39, 0.29) is 29.9 Å². The summed E-state index contributed by atoms with van der Waals surface area (Å²) < 4.78 is 38.7. The number of non-ortho nitro benzene ring substituents is 1. The minimum atomic E-state index is -3.98. The molecule has 0 bridgehead atoms. The fraction of sp³-hybridized carbons (Fsp3) is 0.286. The predicted molar refractivity (Wildman–Crippen MR) is 119 cm³/mol. The zero-order valence-electron chi connectivity index (χ0n) is 18.3. The van der Waals surface area contributed by atoms with Gasteiger partial charge in [0.25, 0.3) is 17.5 Å². The second-order valence-electron chi connectivity index (χ2n) is 7.76. The molecule has 2 aromatic rings. The molecule has 35 heavy (non-hydrogen) atoms. The van der Waals surface area contributed by atoms with Gasteiger partial charge in [-0.15, -0.1) is 0 Å². The molecule has 1 saturated heterocycles. The fourth-order valence-electron chi connectivity index (χ4n) is 3.72. The summed E-state index contributed by atoms with van der Waals surface area (Å²) >= 11 is 0. The number of carbonyl (C=O) groups excluding carboxylic acids is 2. The molecular formula is C21H21FN4O8S. The number of halogens is 1. The maximum Gasteiger partial charge on any atom is 0.305 e. The van der Waals surface area contributed by atoms with Crippen LogP contribution in [-0.2, 0) is 19.6 Å². The van der Waals surface area contributed by atoms with E-state index in [1.165, 1.54) is 30.3 Å². The number of hydrogen-bond acceptors (Lipinski definition) is 7. The molecule has 2 atom stereocenters. The average Bonchev–Trinajstić information content (AvgIpc) is 3.24. The number of benzene rings is 2. The summed E-state index contributed by atoms with van der Waals surface area (Å²) in [7, 11) is -3.98. The highest BCUT2D eigenvalue weighted by atomic mass is 32.2. The monoisotopic (exact) mass is 508 g/mol. The van der Waals surface area contributed by atoms with Gasteiger partial charge < -0.3 is 15.3 Å². The van der Waals surface area contributed by atoms with Gasteiger partial charge in [-0.3, -0.25) is 24.5 Å². The summed E-state index contributed by atoms with van der Waals surface area (Å²) in [6.45, 7) is -0.355. The second-order valence-corrected chi connectivity index (χ2v) is 9.70. The van der Waals surface area contributed by atoms with Crippen molar-refractivity contribution >= 4 is 33.5 Å². The largest absolute Gasteiger partial charge is 0.481 e. The molecule has 0 radical (unpaired) electrons. The lowest BCUT2D eigenvalue weighted by atomic mass is 10.0. The highest BCUT2D eigenvalue weighted by Gasteiger charge is 2.45. The predicted octanol–water partition coefficient (Wildman–Crippen LogP) is 1.11. The van der Waals surface area contributed by atoms with Crippen molar-refractivity contribution in [3.8, 4) is 0 Å². The van der Waals surface area contributed by atoms with Gasteiger partial charge >= 0.3 is 5.97 Å². The minimum absolute atomic E-state index is 0.0142. The third-order valence-corrected chi connectivity index (χ3v) is 6.55. The number of carboxylic acids is 1. The number of rotatable bonds is 8. The molecular weight excluding hydrogens is 487 g/mol. The Labute approximate surface area is 199 Å². The Balaban J connectivity index is 1.96. The van der Waals surface area contributed by atoms with Crippen LogP contribution in [0.5, 0.6) is 0 Å². The molecule has 0 aliphatic carbocycles. The van der Waals surface area contributed by atoms with Gasteiger partial charge in [0.05, 0.1) is 23.6 Å². The van der Waals surface area contributed by atoms with E-state index >= 15 is 0 Å². The molecule has 2 aromatic carbocycles. The highest BCUT2D eigenvalue weighted by molar-refractivity contribution is 7.88. The molecule has 2 amide bonds. The summed E-state index contributed by atoms with van der Waals surface area (Å²) in [5, 5.41) is 22.8. The Morgan fingerprint density at radius 3 is 2.43 bits per heavy atom. The normalized spacial score (nSPS) is 17.1. The minimum Gasteiger partial charge on any atom is -0.481 e. The Hall–Kier alpha value is -3.91. The van der Waals surface area contributed by atoms with Crippen molar-refractivity contribution in [3.05, 3.63) is 75.6 Å². The van der Waals surface area contributed by atoms with Gasteiger partial charge in [-0.1, -0.05) is 12.1 Å². The van der Waals surface area contributed by atoms with Crippen LogP contribution in [0.4, 0.5) is 10.1 Å². The first-order chi connectivity index (χ1) is 16.4. The molecule has 1 aliphatic heterocycles. The molecule has 1 aliphatic rings. The first-order valence-electron chi connectivity index (χ1n) is 10.2. The Kier molecular flexibility index (Phi) is 7.45. The highest BCUT2D eigenvalue weighted by Crippen LogP contribution is 2.25. The van der Waals surface area contributed by atoms with Gasteiger partial charge in [0.1, 0.15) is 5.82 Å². The number of carbonyl (C=O) groups is 3. The number of aliphatic carboxylic acids is 1. The average molecular weight is 508 g/mol. The lowest BCUT2D eigenvalue weighted by Crippen LogP contribution is -2.54. The zero-order valence-corrected chi connectivity index (χ0v) is 19.1. The number of carboxylic acid groups (broad SMARTS) is 1. The third-order valence-electron chi connectivity index (χ3n) is 5.32. The topological polar surface area (TPSA) is 167 Å². The molecule has 1 heterocycles. The molecule has 3 rings (SSSR count). The summed E-state index contributed by atoms with van der Waals surface area (Å²) in [5.41, 5.74) is -0.213. The van der Waals surface area contributed by atoms with Crippen molar-refractivity contribution in [1.29, 1.82) is 0 Å². The van der Waals surface area contributed by atoms with Gasteiger partial charge in [-0.2, -0.15) is 4.31 Å². The first-order valence-corrected chi connectivity index (χ1v) is 12.0. The first kappa shape index (κ1) is 25.7. The maximum atomic E-state index is 13.3. The van der Waals surface area contributed by atoms with E-state index in [2.05, 4.69) is 5.32 Å². The molecule has 1 fully saturated rings. The van der Waals surface area contributed by atoms with Crippen LogP contribution in [0.15, 0.2) is 48.5 Å². The molecule has 0 aromatic heterocycles. The van der Waals surface area contributed by atoms with E-state index in [0.717, 1.165) is 33.7 Å². The summed E-state index contributed by atoms with van der Waals surface area (Å²) in [4.78, 5) is 49.2.